The van der Waals surface area contributed by atoms with Crippen molar-refractivity contribution in [3.8, 4) is 0 Å². The number of thiazole rings is 1. The van der Waals surface area contributed by atoms with Crippen molar-refractivity contribution in [2.75, 3.05) is 52.5 Å². The van der Waals surface area contributed by atoms with Gasteiger partial charge in [-0.2, -0.15) is 0 Å². The summed E-state index contributed by atoms with van der Waals surface area (Å²) in [6, 6.07) is 0. The van der Waals surface area contributed by atoms with Gasteiger partial charge in [0, 0.05) is 63.9 Å². The fourth-order valence-electron chi connectivity index (χ4n) is 8.58. The van der Waals surface area contributed by atoms with E-state index in [2.05, 4.69) is 30.7 Å². The molecule has 2 spiro atoms. The van der Waals surface area contributed by atoms with Crippen LogP contribution in [0.15, 0.2) is 11.7 Å². The molecule has 3 saturated carbocycles. The van der Waals surface area contributed by atoms with Crippen molar-refractivity contribution >= 4 is 35.0 Å². The minimum Gasteiger partial charge on any atom is -0.396 e. The van der Waals surface area contributed by atoms with E-state index >= 15 is 0 Å². The second-order valence-electron chi connectivity index (χ2n) is 16.6. The van der Waals surface area contributed by atoms with Crippen LogP contribution in [0.3, 0.4) is 0 Å². The quantitative estimate of drug-likeness (QED) is 0.461. The normalized spacial score (nSPS) is 31.2. The Balaban J connectivity index is 0.000000162. The number of primary amides is 1. The van der Waals surface area contributed by atoms with Crippen molar-refractivity contribution in [2.45, 2.75) is 97.5 Å². The summed E-state index contributed by atoms with van der Waals surface area (Å²) in [6.07, 6.45) is 14.8. The molecule has 3 N–H and O–H groups in total. The second-order valence-corrected chi connectivity index (χ2v) is 17.5. The number of aliphatic hydroxyl groups is 1. The molecule has 8 fully saturated rings. The zero-order valence-electron chi connectivity index (χ0n) is 29.1. The number of hydrogen-bond acceptors (Lipinski definition) is 8. The molecular formula is C36H57N5O6S. The zero-order valence-corrected chi connectivity index (χ0v) is 29.9. The minimum absolute atomic E-state index is 0. The molecule has 0 unspecified atom stereocenters. The molecule has 0 aromatic carbocycles. The Hall–Kier alpha value is -2.57. The first-order valence-corrected chi connectivity index (χ1v) is 19.0. The molecule has 3 aliphatic carbocycles. The van der Waals surface area contributed by atoms with Gasteiger partial charge in [-0.15, -0.1) is 11.3 Å². The minimum atomic E-state index is -0.402. The van der Waals surface area contributed by atoms with Crippen LogP contribution in [0.1, 0.15) is 102 Å². The van der Waals surface area contributed by atoms with E-state index in [0.29, 0.717) is 55.1 Å². The van der Waals surface area contributed by atoms with E-state index in [0.717, 1.165) is 39.0 Å². The predicted molar refractivity (Wildman–Crippen MR) is 184 cm³/mol. The van der Waals surface area contributed by atoms with Crippen LogP contribution in [0.2, 0.25) is 0 Å². The number of likely N-dealkylation sites (tertiary alicyclic amines) is 3. The van der Waals surface area contributed by atoms with Gasteiger partial charge in [-0.3, -0.25) is 24.2 Å². The highest BCUT2D eigenvalue weighted by Crippen LogP contribution is 2.55. The van der Waals surface area contributed by atoms with Crippen LogP contribution in [0, 0.1) is 33.5 Å². The van der Waals surface area contributed by atoms with Gasteiger partial charge in [0.2, 0.25) is 17.7 Å². The van der Waals surface area contributed by atoms with E-state index in [1.165, 1.54) is 62.7 Å². The van der Waals surface area contributed by atoms with Gasteiger partial charge in [-0.05, 0) is 75.0 Å². The Bertz CT molecular complexity index is 1330. The van der Waals surface area contributed by atoms with Crippen LogP contribution in [0.5, 0.6) is 0 Å². The number of amides is 4. The average Bonchev–Trinajstić information content (AvgIpc) is 3.77. The second kappa shape index (κ2) is 13.6. The molecule has 9 rings (SSSR count). The number of nitrogens with two attached hydrogens (primary N) is 1. The van der Waals surface area contributed by atoms with Crippen LogP contribution < -0.4 is 5.73 Å². The highest BCUT2D eigenvalue weighted by molar-refractivity contribution is 7.11. The first-order valence-electron chi connectivity index (χ1n) is 18.1. The lowest BCUT2D eigenvalue weighted by Crippen LogP contribution is -2.64. The molecule has 2 bridgehead atoms. The predicted octanol–water partition coefficient (Wildman–Crippen LogP) is 3.95. The van der Waals surface area contributed by atoms with Crippen LogP contribution in [-0.4, -0.2) is 107 Å². The van der Waals surface area contributed by atoms with E-state index in [1.54, 1.807) is 16.6 Å². The molecule has 5 saturated heterocycles. The monoisotopic (exact) mass is 687 g/mol. The smallest absolute Gasteiger partial charge is 0.265 e. The summed E-state index contributed by atoms with van der Waals surface area (Å²) in [5, 5.41) is 9.09. The fourth-order valence-corrected chi connectivity index (χ4v) is 9.17. The fraction of sp³-hybridized carbons (Fsp3) is 0.806. The Morgan fingerprint density at radius 1 is 1.00 bits per heavy atom. The number of hydrogen-bond donors (Lipinski definition) is 2. The maximum absolute atomic E-state index is 12.6. The van der Waals surface area contributed by atoms with E-state index in [-0.39, 0.29) is 35.4 Å². The molecule has 4 amide bonds. The summed E-state index contributed by atoms with van der Waals surface area (Å²) in [6.45, 7) is 11.3. The third-order valence-electron chi connectivity index (χ3n) is 12.6. The number of aliphatic hydroxyl groups excluding tert-OH is 1. The molecule has 268 valence electrons. The number of piperidine rings is 1. The number of carbonyl (C=O) groups excluding carboxylic acids is 4. The molecule has 1 aromatic heterocycles. The first kappa shape index (κ1) is 35.3. The molecule has 0 radical (unpaired) electrons. The van der Waals surface area contributed by atoms with Crippen molar-refractivity contribution in [3.63, 3.8) is 0 Å². The number of ether oxygens (including phenoxy) is 1. The van der Waals surface area contributed by atoms with E-state index < -0.39 is 11.8 Å². The molecule has 1 aromatic rings. The Kier molecular flexibility index (Phi) is 10.0. The topological polar surface area (TPSA) is 146 Å². The summed E-state index contributed by atoms with van der Waals surface area (Å²) < 4.78 is 5.51. The summed E-state index contributed by atoms with van der Waals surface area (Å²) in [7, 11) is 0. The van der Waals surface area contributed by atoms with Crippen molar-refractivity contribution in [1.82, 2.24) is 19.7 Å². The molecule has 5 aliphatic heterocycles. The lowest BCUT2D eigenvalue weighted by Gasteiger charge is -2.50. The molecule has 8 aliphatic rings. The Morgan fingerprint density at radius 2 is 1.65 bits per heavy atom. The number of aromatic nitrogens is 1. The maximum atomic E-state index is 12.6. The third kappa shape index (κ3) is 7.31. The lowest BCUT2D eigenvalue weighted by atomic mass is 9.71. The van der Waals surface area contributed by atoms with Gasteiger partial charge in [-0.25, -0.2) is 0 Å². The zero-order chi connectivity index (χ0) is 34.3. The van der Waals surface area contributed by atoms with Gasteiger partial charge in [0.1, 0.15) is 4.88 Å². The van der Waals surface area contributed by atoms with Crippen LogP contribution in [0.4, 0.5) is 0 Å². The highest BCUT2D eigenvalue weighted by atomic mass is 32.1. The van der Waals surface area contributed by atoms with Crippen molar-refractivity contribution in [1.29, 1.82) is 0 Å². The summed E-state index contributed by atoms with van der Waals surface area (Å²) in [4.78, 5) is 58.7. The molecule has 48 heavy (non-hydrogen) atoms. The summed E-state index contributed by atoms with van der Waals surface area (Å²) in [5.74, 6) is -0.268. The largest absolute Gasteiger partial charge is 0.396 e. The van der Waals surface area contributed by atoms with Gasteiger partial charge in [0.15, 0.2) is 0 Å². The van der Waals surface area contributed by atoms with Gasteiger partial charge in [-0.1, -0.05) is 20.8 Å². The van der Waals surface area contributed by atoms with Crippen LogP contribution in [-0.2, 0) is 19.1 Å². The third-order valence-corrected chi connectivity index (χ3v) is 13.4. The Labute approximate surface area is 290 Å². The van der Waals surface area contributed by atoms with Crippen LogP contribution in [0.25, 0.3) is 0 Å². The first-order chi connectivity index (χ1) is 22.8. The van der Waals surface area contributed by atoms with E-state index in [1.807, 2.05) is 4.90 Å². The van der Waals surface area contributed by atoms with E-state index in [4.69, 9.17) is 15.6 Å². The summed E-state index contributed by atoms with van der Waals surface area (Å²) >= 11 is 1.29. The molecule has 12 heteroatoms. The van der Waals surface area contributed by atoms with Crippen molar-refractivity contribution < 1.29 is 30.4 Å². The van der Waals surface area contributed by atoms with Crippen molar-refractivity contribution in [3.05, 3.63) is 16.6 Å². The Morgan fingerprint density at radius 3 is 2.10 bits per heavy atom. The number of fused-ring (bicyclic) bond motifs is 3. The maximum Gasteiger partial charge on any atom is 0.265 e. The standard InChI is InChI=1S/C17H22N4O3S.C11H19NO.C8H14O2.H2/c1-16(2)3-10(16)14(23)21-7-17(8-21)6-20(5-11(17)13(18)22)15(24)12-4-19-9-25-12;1-2-3-10(13)12-8-6-11(4-5-11)7-9-12;9-5-8-3-1-7(2-4-8)10-6-8;/h4,9-11H,3,5-8H2,1-2H3,(H2,18,22);2-9H2,1H3;7,9H,1-6H2;1H/t10-,11+;;;/m1.../s1. The van der Waals surface area contributed by atoms with Crippen LogP contribution >= 0.6 is 11.3 Å². The highest BCUT2D eigenvalue weighted by Gasteiger charge is 2.61. The van der Waals surface area contributed by atoms with Gasteiger partial charge < -0.3 is 30.3 Å². The number of rotatable bonds is 6. The van der Waals surface area contributed by atoms with Crippen molar-refractivity contribution in [2.24, 2.45) is 39.2 Å². The SMILES string of the molecule is CC1(C)C[C@@H]1C(=O)N1CC2(CN(C(=O)c3cncs3)C[C@H]2C(N)=O)C1.CCCC(=O)N1CCC2(CC1)CC2.OCC12CCC(CC1)OC2.[HH]. The molecule has 6 heterocycles. The van der Waals surface area contributed by atoms with Gasteiger partial charge >= 0.3 is 0 Å². The number of carbonyl (C=O) groups is 4. The van der Waals surface area contributed by atoms with E-state index in [9.17, 15) is 19.2 Å². The van der Waals surface area contributed by atoms with Gasteiger partial charge in [0.05, 0.1) is 36.9 Å². The molecular weight excluding hydrogens is 630 g/mol. The molecule has 2 atom stereocenters. The lowest BCUT2D eigenvalue weighted by molar-refractivity contribution is -0.150. The van der Waals surface area contributed by atoms with Gasteiger partial charge in [0.25, 0.3) is 5.91 Å². The number of nitrogens with zero attached hydrogens (tertiary/aromatic N) is 4. The summed E-state index contributed by atoms with van der Waals surface area (Å²) in [5.41, 5.74) is 7.79. The average molecular weight is 688 g/mol. The molecule has 11 nitrogen and oxygen atoms in total.